The van der Waals surface area contributed by atoms with E-state index in [0.717, 1.165) is 51.7 Å². The van der Waals surface area contributed by atoms with Crippen LogP contribution in [0.5, 0.6) is 0 Å². The van der Waals surface area contributed by atoms with E-state index in [9.17, 15) is 4.79 Å². The van der Waals surface area contributed by atoms with Crippen molar-refractivity contribution in [1.29, 1.82) is 0 Å². The van der Waals surface area contributed by atoms with Gasteiger partial charge in [0.1, 0.15) is 0 Å². The molecule has 2 aromatic rings. The van der Waals surface area contributed by atoms with Gasteiger partial charge in [-0.05, 0) is 59.9 Å². The van der Waals surface area contributed by atoms with Crippen LogP contribution in [-0.4, -0.2) is 72.2 Å². The number of rotatable bonds is 5. The van der Waals surface area contributed by atoms with Crippen molar-refractivity contribution in [1.82, 2.24) is 14.7 Å². The number of piperazine rings is 1. The Kier molecular flexibility index (Phi) is 6.86. The van der Waals surface area contributed by atoms with E-state index in [4.69, 9.17) is 0 Å². The van der Waals surface area contributed by atoms with E-state index < -0.39 is 0 Å². The van der Waals surface area contributed by atoms with Crippen LogP contribution in [-0.2, 0) is 17.8 Å². The fourth-order valence-electron chi connectivity index (χ4n) is 5.63. The highest BCUT2D eigenvalue weighted by atomic mass is 32.2. The Hall–Kier alpha value is -1.82. The second-order valence-electron chi connectivity index (χ2n) is 9.53. The van der Waals surface area contributed by atoms with Crippen LogP contribution in [0.1, 0.15) is 36.8 Å². The van der Waals surface area contributed by atoms with Crippen LogP contribution in [0.2, 0.25) is 0 Å². The van der Waals surface area contributed by atoms with E-state index in [1.165, 1.54) is 52.8 Å². The molecule has 5 rings (SSSR count). The molecular weight excluding hydrogens is 414 g/mol. The Morgan fingerprint density at radius 3 is 2.50 bits per heavy atom. The van der Waals surface area contributed by atoms with Gasteiger partial charge >= 0.3 is 0 Å². The van der Waals surface area contributed by atoms with Crippen molar-refractivity contribution in [3.05, 3.63) is 53.6 Å². The Morgan fingerprint density at radius 1 is 0.938 bits per heavy atom. The summed E-state index contributed by atoms with van der Waals surface area (Å²) in [6.45, 7) is 6.32. The van der Waals surface area contributed by atoms with Crippen LogP contribution < -0.4 is 0 Å². The van der Waals surface area contributed by atoms with Gasteiger partial charge in [0.15, 0.2) is 0 Å². The van der Waals surface area contributed by atoms with Crippen LogP contribution in [0.25, 0.3) is 11.1 Å². The number of hydrogen-bond acceptors (Lipinski definition) is 4. The number of thioether (sulfide) groups is 1. The normalized spacial score (nSPS) is 20.5. The molecule has 5 heteroatoms. The van der Waals surface area contributed by atoms with Crippen LogP contribution in [0.4, 0.5) is 0 Å². The SMILES string of the molecule is CSc1cccc(-c2ccc3c(c2)CCN(CC(=O)N2CCN(C4CCCC4)CC2)C3)c1. The standard InChI is InChI=1S/C27H35N3OS/c1-32-26-8-4-5-21(18-26)22-9-10-24-19-28(12-11-23(24)17-22)20-27(31)30-15-13-29(14-16-30)25-6-2-3-7-25/h4-5,8-10,17-18,25H,2-3,6-7,11-16,19-20H2,1H3. The lowest BCUT2D eigenvalue weighted by atomic mass is 9.94. The summed E-state index contributed by atoms with van der Waals surface area (Å²) in [6, 6.07) is 16.4. The monoisotopic (exact) mass is 449 g/mol. The van der Waals surface area contributed by atoms with Gasteiger partial charge in [-0.2, -0.15) is 0 Å². The molecule has 0 atom stereocenters. The van der Waals surface area contributed by atoms with E-state index >= 15 is 0 Å². The van der Waals surface area contributed by atoms with E-state index in [1.54, 1.807) is 11.8 Å². The fourth-order valence-corrected chi connectivity index (χ4v) is 6.09. The van der Waals surface area contributed by atoms with Gasteiger partial charge < -0.3 is 4.90 Å². The zero-order valence-corrected chi connectivity index (χ0v) is 20.1. The first-order chi connectivity index (χ1) is 15.7. The summed E-state index contributed by atoms with van der Waals surface area (Å²) in [5.41, 5.74) is 5.39. The predicted molar refractivity (Wildman–Crippen MR) is 133 cm³/mol. The first-order valence-corrected chi connectivity index (χ1v) is 13.4. The highest BCUT2D eigenvalue weighted by Gasteiger charge is 2.29. The average Bonchev–Trinajstić information content (AvgIpc) is 3.39. The molecule has 0 N–H and O–H groups in total. The lowest BCUT2D eigenvalue weighted by Gasteiger charge is -2.39. The number of benzene rings is 2. The minimum atomic E-state index is 0.310. The fraction of sp³-hybridized carbons (Fsp3) is 0.519. The van der Waals surface area contributed by atoms with Gasteiger partial charge in [-0.1, -0.05) is 43.2 Å². The topological polar surface area (TPSA) is 26.8 Å². The van der Waals surface area contributed by atoms with Crippen molar-refractivity contribution in [3.63, 3.8) is 0 Å². The molecule has 32 heavy (non-hydrogen) atoms. The number of fused-ring (bicyclic) bond motifs is 1. The molecule has 0 unspecified atom stereocenters. The van der Waals surface area contributed by atoms with Gasteiger partial charge in [0, 0.05) is 50.2 Å². The van der Waals surface area contributed by atoms with Crippen LogP contribution in [0.15, 0.2) is 47.4 Å². The number of nitrogens with zero attached hydrogens (tertiary/aromatic N) is 3. The molecule has 0 bridgehead atoms. The van der Waals surface area contributed by atoms with Crippen molar-refractivity contribution in [3.8, 4) is 11.1 Å². The predicted octanol–water partition coefficient (Wildman–Crippen LogP) is 4.52. The van der Waals surface area contributed by atoms with Crippen LogP contribution in [0, 0.1) is 0 Å². The van der Waals surface area contributed by atoms with Crippen LogP contribution >= 0.6 is 11.8 Å². The van der Waals surface area contributed by atoms with Crippen molar-refractivity contribution in [2.45, 2.75) is 49.6 Å². The van der Waals surface area contributed by atoms with Crippen molar-refractivity contribution in [2.75, 3.05) is 45.5 Å². The second kappa shape index (κ2) is 9.98. The summed E-state index contributed by atoms with van der Waals surface area (Å²) in [6.07, 6.45) is 8.61. The average molecular weight is 450 g/mol. The minimum Gasteiger partial charge on any atom is -0.339 e. The maximum Gasteiger partial charge on any atom is 0.236 e. The smallest absolute Gasteiger partial charge is 0.236 e. The molecule has 170 valence electrons. The minimum absolute atomic E-state index is 0.310. The van der Waals surface area contributed by atoms with Gasteiger partial charge in [-0.25, -0.2) is 0 Å². The summed E-state index contributed by atoms with van der Waals surface area (Å²) in [4.78, 5) is 21.3. The van der Waals surface area contributed by atoms with Gasteiger partial charge in [0.25, 0.3) is 0 Å². The van der Waals surface area contributed by atoms with Crippen molar-refractivity contribution >= 4 is 17.7 Å². The quantitative estimate of drug-likeness (QED) is 0.627. The third-order valence-electron chi connectivity index (χ3n) is 7.57. The lowest BCUT2D eigenvalue weighted by molar-refractivity contribution is -0.134. The summed E-state index contributed by atoms with van der Waals surface area (Å²) in [5, 5.41) is 0. The largest absolute Gasteiger partial charge is 0.339 e. The Morgan fingerprint density at radius 2 is 1.72 bits per heavy atom. The molecule has 2 aromatic carbocycles. The molecular formula is C27H35N3OS. The van der Waals surface area contributed by atoms with E-state index in [0.29, 0.717) is 12.5 Å². The number of amides is 1. The van der Waals surface area contributed by atoms with Gasteiger partial charge in [0.2, 0.25) is 5.91 Å². The zero-order chi connectivity index (χ0) is 21.9. The maximum atomic E-state index is 13.0. The van der Waals surface area contributed by atoms with Gasteiger partial charge in [-0.15, -0.1) is 11.8 Å². The highest BCUT2D eigenvalue weighted by Crippen LogP contribution is 2.29. The molecule has 1 aliphatic carbocycles. The molecule has 2 fully saturated rings. The van der Waals surface area contributed by atoms with E-state index in [1.807, 2.05) is 0 Å². The highest BCUT2D eigenvalue weighted by molar-refractivity contribution is 7.98. The van der Waals surface area contributed by atoms with Crippen molar-refractivity contribution in [2.24, 2.45) is 0 Å². The molecule has 1 saturated heterocycles. The third-order valence-corrected chi connectivity index (χ3v) is 8.29. The number of carbonyl (C=O) groups is 1. The van der Waals surface area contributed by atoms with E-state index in [-0.39, 0.29) is 0 Å². The summed E-state index contributed by atoms with van der Waals surface area (Å²) in [5.74, 6) is 0.310. The third kappa shape index (κ3) is 4.90. The molecule has 2 heterocycles. The molecule has 1 saturated carbocycles. The van der Waals surface area contributed by atoms with Crippen LogP contribution in [0.3, 0.4) is 0 Å². The Labute approximate surface area is 197 Å². The van der Waals surface area contributed by atoms with E-state index in [2.05, 4.69) is 63.4 Å². The Bertz CT molecular complexity index is 948. The van der Waals surface area contributed by atoms with Gasteiger partial charge in [-0.3, -0.25) is 14.6 Å². The second-order valence-corrected chi connectivity index (χ2v) is 10.4. The molecule has 0 spiro atoms. The molecule has 3 aliphatic rings. The Balaban J connectivity index is 1.16. The van der Waals surface area contributed by atoms with Gasteiger partial charge in [0.05, 0.1) is 6.54 Å². The summed E-state index contributed by atoms with van der Waals surface area (Å²) in [7, 11) is 0. The summed E-state index contributed by atoms with van der Waals surface area (Å²) >= 11 is 1.79. The molecule has 4 nitrogen and oxygen atoms in total. The lowest BCUT2D eigenvalue weighted by Crippen LogP contribution is -2.53. The molecule has 2 aliphatic heterocycles. The molecule has 1 amide bonds. The number of carbonyl (C=O) groups excluding carboxylic acids is 1. The summed E-state index contributed by atoms with van der Waals surface area (Å²) < 4.78 is 0. The maximum absolute atomic E-state index is 13.0. The molecule has 0 radical (unpaired) electrons. The molecule has 0 aromatic heterocycles. The first kappa shape index (κ1) is 22.0. The number of hydrogen-bond donors (Lipinski definition) is 0. The zero-order valence-electron chi connectivity index (χ0n) is 19.3. The van der Waals surface area contributed by atoms with Crippen molar-refractivity contribution < 1.29 is 4.79 Å². The first-order valence-electron chi connectivity index (χ1n) is 12.2.